The number of likely N-dealkylation sites (tertiary alicyclic amines) is 2. The SMILES string of the molecule is CN1C(COCC2CC2)CCC12CCN(C(=O)Cc1ccccc1)CC2. The van der Waals surface area contributed by atoms with Crippen LogP contribution in [-0.2, 0) is 16.0 Å². The molecule has 2 heterocycles. The number of benzene rings is 1. The summed E-state index contributed by atoms with van der Waals surface area (Å²) in [6, 6.07) is 10.7. The molecular formula is C22H32N2O2. The molecule has 4 heteroatoms. The molecule has 1 unspecified atom stereocenters. The van der Waals surface area contributed by atoms with Gasteiger partial charge < -0.3 is 9.64 Å². The third-order valence-electron chi connectivity index (χ3n) is 6.84. The van der Waals surface area contributed by atoms with Crippen LogP contribution in [0.15, 0.2) is 30.3 Å². The molecule has 0 N–H and O–H groups in total. The molecule has 3 aliphatic rings. The van der Waals surface area contributed by atoms with Gasteiger partial charge in [-0.15, -0.1) is 0 Å². The zero-order chi connectivity index (χ0) is 18.0. The van der Waals surface area contributed by atoms with Crippen molar-refractivity contribution in [3.63, 3.8) is 0 Å². The van der Waals surface area contributed by atoms with Crippen LogP contribution in [0.4, 0.5) is 0 Å². The van der Waals surface area contributed by atoms with Crippen LogP contribution in [0.5, 0.6) is 0 Å². The quantitative estimate of drug-likeness (QED) is 0.785. The smallest absolute Gasteiger partial charge is 0.226 e. The van der Waals surface area contributed by atoms with Gasteiger partial charge in [0.2, 0.25) is 5.91 Å². The van der Waals surface area contributed by atoms with E-state index in [9.17, 15) is 4.79 Å². The summed E-state index contributed by atoms with van der Waals surface area (Å²) in [5.41, 5.74) is 1.40. The fourth-order valence-electron chi connectivity index (χ4n) is 4.70. The van der Waals surface area contributed by atoms with Gasteiger partial charge in [-0.25, -0.2) is 0 Å². The van der Waals surface area contributed by atoms with Crippen molar-refractivity contribution in [3.05, 3.63) is 35.9 Å². The maximum atomic E-state index is 12.6. The summed E-state index contributed by atoms with van der Waals surface area (Å²) in [7, 11) is 2.28. The number of carbonyl (C=O) groups is 1. The van der Waals surface area contributed by atoms with E-state index in [1.807, 2.05) is 30.3 Å². The highest BCUT2D eigenvalue weighted by Gasteiger charge is 2.46. The van der Waals surface area contributed by atoms with E-state index in [0.29, 0.717) is 12.5 Å². The van der Waals surface area contributed by atoms with Crippen molar-refractivity contribution in [1.29, 1.82) is 0 Å². The molecule has 2 saturated heterocycles. The van der Waals surface area contributed by atoms with Crippen LogP contribution >= 0.6 is 0 Å². The highest BCUT2D eigenvalue weighted by atomic mass is 16.5. The predicted molar refractivity (Wildman–Crippen MR) is 103 cm³/mol. The van der Waals surface area contributed by atoms with Gasteiger partial charge in [0.05, 0.1) is 13.0 Å². The van der Waals surface area contributed by atoms with Crippen molar-refractivity contribution in [2.45, 2.75) is 56.5 Å². The maximum Gasteiger partial charge on any atom is 0.226 e. The molecule has 1 spiro atoms. The third kappa shape index (κ3) is 3.96. The Balaban J connectivity index is 1.26. The molecule has 4 nitrogen and oxygen atoms in total. The van der Waals surface area contributed by atoms with Gasteiger partial charge in [-0.3, -0.25) is 9.69 Å². The summed E-state index contributed by atoms with van der Waals surface area (Å²) < 4.78 is 5.97. The largest absolute Gasteiger partial charge is 0.380 e. The van der Waals surface area contributed by atoms with Gasteiger partial charge in [0.15, 0.2) is 0 Å². The number of piperidine rings is 1. The molecule has 26 heavy (non-hydrogen) atoms. The standard InChI is InChI=1S/C22H32N2O2/c1-23-20(17-26-16-19-7-8-19)9-10-22(23)11-13-24(14-12-22)21(25)15-18-5-3-2-4-6-18/h2-6,19-20H,7-17H2,1H3. The van der Waals surface area contributed by atoms with Crippen LogP contribution in [0.1, 0.15) is 44.1 Å². The van der Waals surface area contributed by atoms with Crippen molar-refractivity contribution in [1.82, 2.24) is 9.80 Å². The molecule has 0 aromatic heterocycles. The monoisotopic (exact) mass is 356 g/mol. The molecule has 3 fully saturated rings. The van der Waals surface area contributed by atoms with E-state index in [1.54, 1.807) is 0 Å². The van der Waals surface area contributed by atoms with Crippen molar-refractivity contribution in [3.8, 4) is 0 Å². The van der Waals surface area contributed by atoms with Crippen LogP contribution in [0.2, 0.25) is 0 Å². The lowest BCUT2D eigenvalue weighted by Gasteiger charge is -2.45. The molecule has 0 radical (unpaired) electrons. The van der Waals surface area contributed by atoms with E-state index < -0.39 is 0 Å². The molecular weight excluding hydrogens is 324 g/mol. The minimum absolute atomic E-state index is 0.274. The molecule has 1 amide bonds. The average Bonchev–Trinajstić information content (AvgIpc) is 3.44. The predicted octanol–water partition coefficient (Wildman–Crippen LogP) is 3.11. The van der Waals surface area contributed by atoms with Gasteiger partial charge >= 0.3 is 0 Å². The van der Waals surface area contributed by atoms with Gasteiger partial charge in [0.25, 0.3) is 0 Å². The topological polar surface area (TPSA) is 32.8 Å². The second-order valence-electron chi connectivity index (χ2n) is 8.55. The maximum absolute atomic E-state index is 12.6. The van der Waals surface area contributed by atoms with Crippen LogP contribution in [-0.4, -0.2) is 60.6 Å². The molecule has 142 valence electrons. The zero-order valence-electron chi connectivity index (χ0n) is 16.0. The van der Waals surface area contributed by atoms with Crippen molar-refractivity contribution >= 4 is 5.91 Å². The number of carbonyl (C=O) groups excluding carboxylic acids is 1. The first-order valence-electron chi connectivity index (χ1n) is 10.3. The average molecular weight is 357 g/mol. The summed E-state index contributed by atoms with van der Waals surface area (Å²) in [6.45, 7) is 3.63. The number of ether oxygens (including phenoxy) is 1. The lowest BCUT2D eigenvalue weighted by atomic mass is 9.85. The van der Waals surface area contributed by atoms with Gasteiger partial charge in [0.1, 0.15) is 0 Å². The molecule has 1 saturated carbocycles. The highest BCUT2D eigenvalue weighted by Crippen LogP contribution is 2.41. The van der Waals surface area contributed by atoms with E-state index in [0.717, 1.165) is 50.6 Å². The second-order valence-corrected chi connectivity index (χ2v) is 8.55. The Kier molecular flexibility index (Phi) is 5.32. The summed E-state index contributed by atoms with van der Waals surface area (Å²) >= 11 is 0. The molecule has 1 aromatic rings. The number of likely N-dealkylation sites (N-methyl/N-ethyl adjacent to an activating group) is 1. The highest BCUT2D eigenvalue weighted by molar-refractivity contribution is 5.78. The number of nitrogens with zero attached hydrogens (tertiary/aromatic N) is 2. The van der Waals surface area contributed by atoms with E-state index in [2.05, 4.69) is 16.8 Å². The van der Waals surface area contributed by atoms with Gasteiger partial charge in [0, 0.05) is 31.3 Å². The summed E-state index contributed by atoms with van der Waals surface area (Å²) in [4.78, 5) is 17.3. The lowest BCUT2D eigenvalue weighted by molar-refractivity contribution is -0.133. The summed E-state index contributed by atoms with van der Waals surface area (Å²) in [5.74, 6) is 1.12. The first-order valence-corrected chi connectivity index (χ1v) is 10.3. The van der Waals surface area contributed by atoms with Gasteiger partial charge in [-0.2, -0.15) is 0 Å². The molecule has 1 aromatic carbocycles. The second kappa shape index (κ2) is 7.69. The molecule has 0 bridgehead atoms. The summed E-state index contributed by atoms with van der Waals surface area (Å²) in [6.07, 6.45) is 7.93. The van der Waals surface area contributed by atoms with Crippen LogP contribution in [0.3, 0.4) is 0 Å². The minimum atomic E-state index is 0.274. The van der Waals surface area contributed by atoms with Crippen molar-refractivity contribution in [2.24, 2.45) is 5.92 Å². The Morgan fingerprint density at radius 3 is 2.50 bits per heavy atom. The molecule has 1 aliphatic carbocycles. The first kappa shape index (κ1) is 18.0. The normalized spacial score (nSPS) is 25.7. The van der Waals surface area contributed by atoms with Gasteiger partial charge in [-0.1, -0.05) is 30.3 Å². The van der Waals surface area contributed by atoms with E-state index in [4.69, 9.17) is 4.74 Å². The fourth-order valence-corrected chi connectivity index (χ4v) is 4.70. The number of amides is 1. The fraction of sp³-hybridized carbons (Fsp3) is 0.682. The van der Waals surface area contributed by atoms with E-state index in [1.165, 1.54) is 25.7 Å². The minimum Gasteiger partial charge on any atom is -0.380 e. The molecule has 2 aliphatic heterocycles. The lowest BCUT2D eigenvalue weighted by Crippen LogP contribution is -2.54. The summed E-state index contributed by atoms with van der Waals surface area (Å²) in [5, 5.41) is 0. The molecule has 4 rings (SSSR count). The number of hydrogen-bond donors (Lipinski definition) is 0. The van der Waals surface area contributed by atoms with Crippen LogP contribution < -0.4 is 0 Å². The van der Waals surface area contributed by atoms with Crippen LogP contribution in [0, 0.1) is 5.92 Å². The number of rotatable bonds is 6. The first-order chi connectivity index (χ1) is 12.7. The van der Waals surface area contributed by atoms with E-state index >= 15 is 0 Å². The number of hydrogen-bond acceptors (Lipinski definition) is 3. The van der Waals surface area contributed by atoms with Crippen LogP contribution in [0.25, 0.3) is 0 Å². The Bertz CT molecular complexity index is 606. The van der Waals surface area contributed by atoms with Gasteiger partial charge in [-0.05, 0) is 57.1 Å². The Hall–Kier alpha value is -1.39. The van der Waals surface area contributed by atoms with Crippen molar-refractivity contribution in [2.75, 3.05) is 33.4 Å². The third-order valence-corrected chi connectivity index (χ3v) is 6.84. The Labute approximate surface area is 157 Å². The Morgan fingerprint density at radius 1 is 1.08 bits per heavy atom. The Morgan fingerprint density at radius 2 is 1.81 bits per heavy atom. The van der Waals surface area contributed by atoms with Crippen molar-refractivity contribution < 1.29 is 9.53 Å². The zero-order valence-corrected chi connectivity index (χ0v) is 16.0. The molecule has 1 atom stereocenters. The van der Waals surface area contributed by atoms with E-state index in [-0.39, 0.29) is 11.4 Å².